The van der Waals surface area contributed by atoms with E-state index in [1.165, 1.54) is 11.3 Å². The topological polar surface area (TPSA) is 39.9 Å². The smallest absolute Gasteiger partial charge is 0.210 e. The molecule has 0 fully saturated rings. The average Bonchev–Trinajstić information content (AvgIpc) is 2.86. The Hall–Kier alpha value is -1.07. The van der Waals surface area contributed by atoms with Gasteiger partial charge in [-0.05, 0) is 0 Å². The summed E-state index contributed by atoms with van der Waals surface area (Å²) in [7, 11) is 1.60. The molecule has 0 aromatic carbocycles. The molecular weight excluding hydrogens is 222 g/mol. The van der Waals surface area contributed by atoms with Crippen LogP contribution in [0.4, 0.5) is 0 Å². The van der Waals surface area contributed by atoms with E-state index < -0.39 is 0 Å². The number of methoxy groups -OCH3 is 1. The van der Waals surface area contributed by atoms with Crippen LogP contribution in [0.15, 0.2) is 18.6 Å². The summed E-state index contributed by atoms with van der Waals surface area (Å²) in [5.74, 6) is 1.20. The van der Waals surface area contributed by atoms with Crippen molar-refractivity contribution in [2.24, 2.45) is 0 Å². The number of halogens is 1. The van der Waals surface area contributed by atoms with Crippen molar-refractivity contribution in [1.82, 2.24) is 14.8 Å². The lowest BCUT2D eigenvalue weighted by Gasteiger charge is -1.92. The van der Waals surface area contributed by atoms with E-state index in [4.69, 9.17) is 16.3 Å². The number of rotatable bonds is 3. The standard InChI is InChI=1S/C8H8ClN3OS/c1-13-6-3-11-12(5-6)8-10-4-7(2-9)14-8/h3-5H,2H2,1H3. The monoisotopic (exact) mass is 229 g/mol. The normalized spacial score (nSPS) is 10.4. The predicted molar refractivity (Wildman–Crippen MR) is 55.3 cm³/mol. The Bertz CT molecular complexity index is 385. The number of alkyl halides is 1. The molecule has 0 unspecified atom stereocenters. The molecule has 0 radical (unpaired) electrons. The molecule has 0 aliphatic rings. The van der Waals surface area contributed by atoms with Crippen LogP contribution in [0.25, 0.3) is 5.13 Å². The minimum atomic E-state index is 0.482. The SMILES string of the molecule is COc1cnn(-c2ncc(CCl)s2)c1. The van der Waals surface area contributed by atoms with Gasteiger partial charge in [0.15, 0.2) is 5.75 Å². The number of thiazole rings is 1. The maximum Gasteiger partial charge on any atom is 0.210 e. The zero-order chi connectivity index (χ0) is 9.97. The summed E-state index contributed by atoms with van der Waals surface area (Å²) in [6.45, 7) is 0. The molecule has 0 saturated carbocycles. The molecule has 4 nitrogen and oxygen atoms in total. The van der Waals surface area contributed by atoms with Gasteiger partial charge in [-0.3, -0.25) is 0 Å². The van der Waals surface area contributed by atoms with Gasteiger partial charge in [0.1, 0.15) is 0 Å². The summed E-state index contributed by atoms with van der Waals surface area (Å²) >= 11 is 7.19. The van der Waals surface area contributed by atoms with Crippen molar-refractivity contribution >= 4 is 22.9 Å². The van der Waals surface area contributed by atoms with Crippen LogP contribution in [0.1, 0.15) is 4.88 Å². The molecule has 0 amide bonds. The highest BCUT2D eigenvalue weighted by atomic mass is 35.5. The molecule has 0 atom stereocenters. The van der Waals surface area contributed by atoms with E-state index in [0.29, 0.717) is 11.6 Å². The van der Waals surface area contributed by atoms with Crippen molar-refractivity contribution in [3.63, 3.8) is 0 Å². The van der Waals surface area contributed by atoms with Crippen LogP contribution in [0.3, 0.4) is 0 Å². The molecule has 0 aliphatic heterocycles. The van der Waals surface area contributed by atoms with Crippen LogP contribution in [0.2, 0.25) is 0 Å². The van der Waals surface area contributed by atoms with Gasteiger partial charge in [0.25, 0.3) is 0 Å². The molecule has 2 aromatic rings. The van der Waals surface area contributed by atoms with Crippen LogP contribution in [0.5, 0.6) is 5.75 Å². The fourth-order valence-corrected chi connectivity index (χ4v) is 1.91. The fraction of sp³-hybridized carbons (Fsp3) is 0.250. The number of nitrogens with zero attached hydrogens (tertiary/aromatic N) is 3. The number of ether oxygens (including phenoxy) is 1. The van der Waals surface area contributed by atoms with Crippen molar-refractivity contribution < 1.29 is 4.74 Å². The number of hydrogen-bond donors (Lipinski definition) is 0. The molecule has 6 heteroatoms. The summed E-state index contributed by atoms with van der Waals surface area (Å²) in [5, 5.41) is 4.90. The summed E-state index contributed by atoms with van der Waals surface area (Å²) < 4.78 is 6.68. The highest BCUT2D eigenvalue weighted by Gasteiger charge is 2.05. The molecule has 2 heterocycles. The van der Waals surface area contributed by atoms with Crippen molar-refractivity contribution in [2.45, 2.75) is 5.88 Å². The van der Waals surface area contributed by atoms with Crippen molar-refractivity contribution in [3.05, 3.63) is 23.5 Å². The first-order chi connectivity index (χ1) is 6.83. The van der Waals surface area contributed by atoms with Crippen LogP contribution in [0, 0.1) is 0 Å². The van der Waals surface area contributed by atoms with Gasteiger partial charge in [0, 0.05) is 11.1 Å². The summed E-state index contributed by atoms with van der Waals surface area (Å²) in [6.07, 6.45) is 5.17. The second kappa shape index (κ2) is 3.98. The average molecular weight is 230 g/mol. The third kappa shape index (κ3) is 1.73. The van der Waals surface area contributed by atoms with E-state index in [0.717, 1.165) is 10.0 Å². The van der Waals surface area contributed by atoms with Crippen molar-refractivity contribution in [2.75, 3.05) is 7.11 Å². The number of hydrogen-bond acceptors (Lipinski definition) is 4. The Balaban J connectivity index is 2.29. The molecule has 0 N–H and O–H groups in total. The predicted octanol–water partition coefficient (Wildman–Crippen LogP) is 2.08. The van der Waals surface area contributed by atoms with E-state index in [9.17, 15) is 0 Å². The van der Waals surface area contributed by atoms with Crippen LogP contribution < -0.4 is 4.74 Å². The zero-order valence-electron chi connectivity index (χ0n) is 7.48. The van der Waals surface area contributed by atoms with E-state index in [1.807, 2.05) is 0 Å². The molecule has 0 aliphatic carbocycles. The summed E-state index contributed by atoms with van der Waals surface area (Å²) in [5.41, 5.74) is 0. The van der Waals surface area contributed by atoms with Gasteiger partial charge in [-0.2, -0.15) is 5.10 Å². The van der Waals surface area contributed by atoms with Crippen LogP contribution in [-0.2, 0) is 5.88 Å². The van der Waals surface area contributed by atoms with Gasteiger partial charge in [0.05, 0.1) is 25.4 Å². The van der Waals surface area contributed by atoms with Gasteiger partial charge >= 0.3 is 0 Å². The maximum atomic E-state index is 5.68. The first-order valence-electron chi connectivity index (χ1n) is 3.93. The Morgan fingerprint density at radius 2 is 2.43 bits per heavy atom. The van der Waals surface area contributed by atoms with E-state index in [2.05, 4.69) is 10.1 Å². The Kier molecular flexibility index (Phi) is 2.69. The van der Waals surface area contributed by atoms with Crippen molar-refractivity contribution in [3.8, 4) is 10.9 Å². The highest BCUT2D eigenvalue weighted by molar-refractivity contribution is 7.14. The second-order valence-electron chi connectivity index (χ2n) is 2.57. The molecule has 74 valence electrons. The lowest BCUT2D eigenvalue weighted by Crippen LogP contribution is -1.91. The Morgan fingerprint density at radius 1 is 1.57 bits per heavy atom. The largest absolute Gasteiger partial charge is 0.493 e. The second-order valence-corrected chi connectivity index (χ2v) is 3.93. The van der Waals surface area contributed by atoms with E-state index in [-0.39, 0.29) is 0 Å². The summed E-state index contributed by atoms with van der Waals surface area (Å²) in [4.78, 5) is 5.21. The molecule has 2 rings (SSSR count). The Labute approximate surface area is 90.1 Å². The lowest BCUT2D eigenvalue weighted by atomic mass is 10.6. The molecular formula is C8H8ClN3OS. The molecule has 14 heavy (non-hydrogen) atoms. The number of aromatic nitrogens is 3. The minimum absolute atomic E-state index is 0.482. The molecule has 2 aromatic heterocycles. The van der Waals surface area contributed by atoms with Gasteiger partial charge in [0.2, 0.25) is 5.13 Å². The van der Waals surface area contributed by atoms with Crippen LogP contribution in [-0.4, -0.2) is 21.9 Å². The van der Waals surface area contributed by atoms with Gasteiger partial charge in [-0.15, -0.1) is 11.6 Å². The first kappa shape index (κ1) is 9.48. The minimum Gasteiger partial charge on any atom is -0.493 e. The lowest BCUT2D eigenvalue weighted by molar-refractivity contribution is 0.414. The highest BCUT2D eigenvalue weighted by Crippen LogP contribution is 2.20. The maximum absolute atomic E-state index is 5.68. The first-order valence-corrected chi connectivity index (χ1v) is 5.28. The Morgan fingerprint density at radius 3 is 3.00 bits per heavy atom. The molecule has 0 spiro atoms. The molecule has 0 bridgehead atoms. The van der Waals surface area contributed by atoms with Gasteiger partial charge in [-0.25, -0.2) is 9.67 Å². The van der Waals surface area contributed by atoms with E-state index >= 15 is 0 Å². The third-order valence-corrected chi connectivity index (χ3v) is 3.10. The zero-order valence-corrected chi connectivity index (χ0v) is 9.05. The van der Waals surface area contributed by atoms with Gasteiger partial charge in [-0.1, -0.05) is 11.3 Å². The fourth-order valence-electron chi connectivity index (χ4n) is 0.981. The van der Waals surface area contributed by atoms with Crippen LogP contribution >= 0.6 is 22.9 Å². The van der Waals surface area contributed by atoms with E-state index in [1.54, 1.807) is 30.4 Å². The van der Waals surface area contributed by atoms with Gasteiger partial charge < -0.3 is 4.74 Å². The summed E-state index contributed by atoms with van der Waals surface area (Å²) in [6, 6.07) is 0. The third-order valence-electron chi connectivity index (χ3n) is 1.66. The van der Waals surface area contributed by atoms with Crippen molar-refractivity contribution in [1.29, 1.82) is 0 Å². The quantitative estimate of drug-likeness (QED) is 0.757. The molecule has 0 saturated heterocycles.